The first-order chi connectivity index (χ1) is 12.6. The maximum absolute atomic E-state index is 12.5. The number of carbonyl (C=O) groups excluding carboxylic acids is 1. The minimum Gasteiger partial charge on any atom is -0.351 e. The number of nitrogens with one attached hydrogen (secondary N) is 1. The average molecular weight is 391 g/mol. The molecule has 0 saturated carbocycles. The molecule has 138 valence electrons. The monoisotopic (exact) mass is 390 g/mol. The van der Waals surface area contributed by atoms with Gasteiger partial charge in [-0.3, -0.25) is 4.79 Å². The summed E-state index contributed by atoms with van der Waals surface area (Å²) in [5.74, 6) is 0.248. The number of nitrogens with zero attached hydrogens (tertiary/aromatic N) is 1. The molecule has 0 atom stereocenters. The van der Waals surface area contributed by atoms with Crippen LogP contribution in [0.5, 0.6) is 0 Å². The van der Waals surface area contributed by atoms with E-state index < -0.39 is 10.0 Å². The van der Waals surface area contributed by atoms with Crippen molar-refractivity contribution in [1.29, 1.82) is 0 Å². The normalized spacial score (nSPS) is 15.1. The van der Waals surface area contributed by atoms with Crippen LogP contribution in [-0.4, -0.2) is 37.5 Å². The van der Waals surface area contributed by atoms with Gasteiger partial charge in [0.25, 0.3) is 0 Å². The number of rotatable bonds is 7. The average Bonchev–Trinajstić information content (AvgIpc) is 3.21. The lowest BCUT2D eigenvalue weighted by molar-refractivity contribution is -0.118. The molecule has 1 heterocycles. The molecule has 2 aromatic carbocycles. The first-order valence-electron chi connectivity index (χ1n) is 8.59. The maximum atomic E-state index is 12.5. The van der Waals surface area contributed by atoms with Crippen molar-refractivity contribution in [2.24, 2.45) is 0 Å². The second kappa shape index (κ2) is 8.70. The van der Waals surface area contributed by atoms with E-state index in [9.17, 15) is 13.2 Å². The number of thioether (sulfide) groups is 1. The largest absolute Gasteiger partial charge is 0.351 e. The Hall–Kier alpha value is -1.83. The summed E-state index contributed by atoms with van der Waals surface area (Å²) < 4.78 is 26.5. The van der Waals surface area contributed by atoms with E-state index >= 15 is 0 Å². The number of amides is 1. The van der Waals surface area contributed by atoms with E-state index in [-0.39, 0.29) is 5.91 Å². The highest BCUT2D eigenvalue weighted by atomic mass is 32.2. The molecule has 0 aromatic heterocycles. The van der Waals surface area contributed by atoms with Crippen LogP contribution >= 0.6 is 11.8 Å². The number of sulfonamides is 1. The van der Waals surface area contributed by atoms with Crippen molar-refractivity contribution in [3.05, 3.63) is 60.2 Å². The zero-order valence-electron chi connectivity index (χ0n) is 14.4. The summed E-state index contributed by atoms with van der Waals surface area (Å²) in [4.78, 5) is 13.1. The quantitative estimate of drug-likeness (QED) is 0.738. The fourth-order valence-corrected chi connectivity index (χ4v) is 5.03. The Labute approximate surface area is 158 Å². The van der Waals surface area contributed by atoms with E-state index in [4.69, 9.17) is 0 Å². The third-order valence-electron chi connectivity index (χ3n) is 4.23. The molecule has 2 aromatic rings. The van der Waals surface area contributed by atoms with Gasteiger partial charge in [0, 0.05) is 24.5 Å². The number of carbonyl (C=O) groups is 1. The topological polar surface area (TPSA) is 66.5 Å². The Bertz CT molecular complexity index is 831. The molecule has 1 aliphatic heterocycles. The van der Waals surface area contributed by atoms with Gasteiger partial charge in [-0.25, -0.2) is 8.42 Å². The molecule has 1 N–H and O–H groups in total. The Morgan fingerprint density at radius 2 is 1.65 bits per heavy atom. The van der Waals surface area contributed by atoms with Crippen molar-refractivity contribution in [1.82, 2.24) is 9.62 Å². The summed E-state index contributed by atoms with van der Waals surface area (Å²) >= 11 is 1.39. The van der Waals surface area contributed by atoms with Gasteiger partial charge < -0.3 is 5.32 Å². The van der Waals surface area contributed by atoms with Gasteiger partial charge in [-0.05, 0) is 42.7 Å². The van der Waals surface area contributed by atoms with Crippen LogP contribution in [0.3, 0.4) is 0 Å². The third-order valence-corrected chi connectivity index (χ3v) is 7.15. The molecule has 3 rings (SSSR count). The number of benzene rings is 2. The highest BCUT2D eigenvalue weighted by Gasteiger charge is 2.26. The van der Waals surface area contributed by atoms with Gasteiger partial charge in [0.15, 0.2) is 0 Å². The van der Waals surface area contributed by atoms with Crippen molar-refractivity contribution in [2.75, 3.05) is 18.8 Å². The summed E-state index contributed by atoms with van der Waals surface area (Å²) in [7, 11) is -3.38. The van der Waals surface area contributed by atoms with Crippen LogP contribution in [0.15, 0.2) is 64.4 Å². The van der Waals surface area contributed by atoms with Crippen molar-refractivity contribution >= 4 is 27.7 Å². The highest BCUT2D eigenvalue weighted by Crippen LogP contribution is 2.24. The van der Waals surface area contributed by atoms with Crippen LogP contribution in [0.4, 0.5) is 0 Å². The molecule has 0 spiro atoms. The second-order valence-electron chi connectivity index (χ2n) is 6.13. The molecule has 1 aliphatic rings. The fraction of sp³-hybridized carbons (Fsp3) is 0.316. The zero-order valence-corrected chi connectivity index (χ0v) is 16.1. The van der Waals surface area contributed by atoms with E-state index in [1.54, 1.807) is 24.3 Å². The second-order valence-corrected chi connectivity index (χ2v) is 9.12. The summed E-state index contributed by atoms with van der Waals surface area (Å²) in [6, 6.07) is 16.5. The van der Waals surface area contributed by atoms with Crippen LogP contribution in [0, 0.1) is 0 Å². The molecule has 0 radical (unpaired) electrons. The lowest BCUT2D eigenvalue weighted by atomic mass is 10.2. The van der Waals surface area contributed by atoms with Crippen LogP contribution in [0.25, 0.3) is 0 Å². The molecule has 26 heavy (non-hydrogen) atoms. The predicted molar refractivity (Wildman–Crippen MR) is 103 cm³/mol. The minimum absolute atomic E-state index is 0.0485. The van der Waals surface area contributed by atoms with Gasteiger partial charge in [-0.2, -0.15) is 4.31 Å². The molecular formula is C19H22N2O3S2. The van der Waals surface area contributed by atoms with Crippen LogP contribution < -0.4 is 5.32 Å². The van der Waals surface area contributed by atoms with E-state index in [1.807, 2.05) is 30.3 Å². The lowest BCUT2D eigenvalue weighted by Gasteiger charge is -2.15. The number of hydrogen-bond donors (Lipinski definition) is 1. The molecule has 0 unspecified atom stereocenters. The zero-order chi connectivity index (χ0) is 18.4. The van der Waals surface area contributed by atoms with Gasteiger partial charge in [0.05, 0.1) is 10.6 Å². The van der Waals surface area contributed by atoms with Crippen molar-refractivity contribution < 1.29 is 13.2 Å². The van der Waals surface area contributed by atoms with E-state index in [0.717, 1.165) is 23.3 Å². The summed E-state index contributed by atoms with van der Waals surface area (Å²) in [5.41, 5.74) is 1.06. The van der Waals surface area contributed by atoms with Crippen molar-refractivity contribution in [3.8, 4) is 0 Å². The molecule has 7 heteroatoms. The maximum Gasteiger partial charge on any atom is 0.243 e. The third kappa shape index (κ3) is 4.87. The van der Waals surface area contributed by atoms with Crippen molar-refractivity contribution in [3.63, 3.8) is 0 Å². The highest BCUT2D eigenvalue weighted by molar-refractivity contribution is 8.00. The van der Waals surface area contributed by atoms with E-state index in [2.05, 4.69) is 5.32 Å². The summed E-state index contributed by atoms with van der Waals surface area (Å²) in [5, 5.41) is 2.88. The molecule has 0 bridgehead atoms. The van der Waals surface area contributed by atoms with Gasteiger partial charge in [0.2, 0.25) is 15.9 Å². The van der Waals surface area contributed by atoms with Gasteiger partial charge >= 0.3 is 0 Å². The van der Waals surface area contributed by atoms with Gasteiger partial charge in [0.1, 0.15) is 0 Å². The van der Waals surface area contributed by atoms with Gasteiger partial charge in [-0.1, -0.05) is 30.3 Å². The Morgan fingerprint density at radius 3 is 2.31 bits per heavy atom. The summed E-state index contributed by atoms with van der Waals surface area (Å²) in [6.07, 6.45) is 1.84. The predicted octanol–water partition coefficient (Wildman–Crippen LogP) is 2.88. The van der Waals surface area contributed by atoms with Crippen LogP contribution in [-0.2, 0) is 21.4 Å². The smallest absolute Gasteiger partial charge is 0.243 e. The van der Waals surface area contributed by atoms with E-state index in [1.165, 1.54) is 16.1 Å². The van der Waals surface area contributed by atoms with Gasteiger partial charge in [-0.15, -0.1) is 11.8 Å². The molecule has 1 saturated heterocycles. The Balaban J connectivity index is 1.50. The lowest BCUT2D eigenvalue weighted by Crippen LogP contribution is -2.27. The SMILES string of the molecule is O=C(CSc1ccc(S(=O)(=O)N2CCCC2)cc1)NCc1ccccc1. The molecule has 1 amide bonds. The molecule has 5 nitrogen and oxygen atoms in total. The molecular weight excluding hydrogens is 368 g/mol. The first-order valence-corrected chi connectivity index (χ1v) is 11.0. The molecule has 0 aliphatic carbocycles. The standard InChI is InChI=1S/C19H22N2O3S2/c22-19(20-14-16-6-2-1-3-7-16)15-25-17-8-10-18(11-9-17)26(23,24)21-12-4-5-13-21/h1-3,6-11H,4-5,12-15H2,(H,20,22). The Kier molecular flexibility index (Phi) is 6.34. The van der Waals surface area contributed by atoms with E-state index in [0.29, 0.717) is 30.3 Å². The first kappa shape index (κ1) is 18.9. The van der Waals surface area contributed by atoms with Crippen LogP contribution in [0.2, 0.25) is 0 Å². The number of hydrogen-bond acceptors (Lipinski definition) is 4. The fourth-order valence-electron chi connectivity index (χ4n) is 2.78. The molecule has 1 fully saturated rings. The van der Waals surface area contributed by atoms with Crippen molar-refractivity contribution in [2.45, 2.75) is 29.2 Å². The van der Waals surface area contributed by atoms with Crippen LogP contribution in [0.1, 0.15) is 18.4 Å². The Morgan fingerprint density at radius 1 is 1.00 bits per heavy atom. The summed E-state index contributed by atoms with van der Waals surface area (Å²) in [6.45, 7) is 1.70. The minimum atomic E-state index is -3.38.